The van der Waals surface area contributed by atoms with Gasteiger partial charge in [0.15, 0.2) is 0 Å². The Bertz CT molecular complexity index is 465. The van der Waals surface area contributed by atoms with Gasteiger partial charge in [-0.25, -0.2) is 0 Å². The topological polar surface area (TPSA) is 38.0 Å². The van der Waals surface area contributed by atoms with E-state index in [4.69, 9.17) is 5.73 Å². The molecular weight excluding hydrogens is 277 g/mol. The van der Waals surface area contributed by atoms with Gasteiger partial charge in [0.25, 0.3) is 0 Å². The molecule has 21 heavy (non-hydrogen) atoms. The second-order valence-electron chi connectivity index (χ2n) is 5.86. The molecule has 1 aliphatic carbocycles. The maximum absolute atomic E-state index is 13.1. The molecule has 0 saturated heterocycles. The van der Waals surface area contributed by atoms with Crippen molar-refractivity contribution in [3.8, 4) is 0 Å². The summed E-state index contributed by atoms with van der Waals surface area (Å²) in [6, 6.07) is 4.07. The summed E-state index contributed by atoms with van der Waals surface area (Å²) in [5, 5.41) is 3.13. The molecule has 3 N–H and O–H groups in total. The van der Waals surface area contributed by atoms with Crippen LogP contribution in [0, 0.1) is 5.92 Å². The molecule has 1 aromatic rings. The normalized spacial score (nSPS) is 18.5. The number of nitrogens with one attached hydrogen (secondary N) is 1. The van der Waals surface area contributed by atoms with Crippen molar-refractivity contribution in [2.75, 3.05) is 11.1 Å². The Morgan fingerprint density at radius 2 is 1.90 bits per heavy atom. The molecule has 5 heteroatoms. The van der Waals surface area contributed by atoms with Crippen molar-refractivity contribution in [2.24, 2.45) is 5.92 Å². The van der Waals surface area contributed by atoms with Gasteiger partial charge >= 0.3 is 6.18 Å². The van der Waals surface area contributed by atoms with Crippen LogP contribution < -0.4 is 11.1 Å². The van der Waals surface area contributed by atoms with Crippen LogP contribution in [0.15, 0.2) is 18.2 Å². The molecule has 2 nitrogen and oxygen atoms in total. The molecule has 118 valence electrons. The van der Waals surface area contributed by atoms with E-state index in [2.05, 4.69) is 5.32 Å². The second kappa shape index (κ2) is 6.58. The minimum absolute atomic E-state index is 0.0926. The Labute approximate surface area is 123 Å². The van der Waals surface area contributed by atoms with Crippen LogP contribution in [0.3, 0.4) is 0 Å². The predicted octanol–water partition coefficient (Wildman–Crippen LogP) is 5.06. The first kappa shape index (κ1) is 16.0. The van der Waals surface area contributed by atoms with Gasteiger partial charge in [-0.2, -0.15) is 13.2 Å². The fourth-order valence-electron chi connectivity index (χ4n) is 3.21. The maximum atomic E-state index is 13.1. The summed E-state index contributed by atoms with van der Waals surface area (Å²) >= 11 is 0. The molecule has 1 fully saturated rings. The summed E-state index contributed by atoms with van der Waals surface area (Å²) in [6.45, 7) is 2.02. The number of nitrogen functional groups attached to an aromatic ring is 1. The van der Waals surface area contributed by atoms with Crippen molar-refractivity contribution in [3.05, 3.63) is 23.8 Å². The van der Waals surface area contributed by atoms with Gasteiger partial charge in [0.2, 0.25) is 0 Å². The number of hydrogen-bond acceptors (Lipinski definition) is 2. The third-order valence-electron chi connectivity index (χ3n) is 4.35. The number of nitrogens with two attached hydrogens (primary N) is 1. The minimum Gasteiger partial charge on any atom is -0.399 e. The monoisotopic (exact) mass is 300 g/mol. The molecule has 1 aliphatic rings. The summed E-state index contributed by atoms with van der Waals surface area (Å²) < 4.78 is 39.4. The van der Waals surface area contributed by atoms with Crippen LogP contribution in [0.4, 0.5) is 24.5 Å². The predicted molar refractivity (Wildman–Crippen MR) is 80.1 cm³/mol. The van der Waals surface area contributed by atoms with E-state index in [-0.39, 0.29) is 17.4 Å². The summed E-state index contributed by atoms with van der Waals surface area (Å²) in [7, 11) is 0. The zero-order valence-corrected chi connectivity index (χ0v) is 12.3. The third kappa shape index (κ3) is 4.05. The molecule has 0 spiro atoms. The molecule has 0 aliphatic heterocycles. The summed E-state index contributed by atoms with van der Waals surface area (Å²) in [5.41, 5.74) is 5.12. The zero-order chi connectivity index (χ0) is 15.5. The van der Waals surface area contributed by atoms with Crippen molar-refractivity contribution in [1.29, 1.82) is 0 Å². The van der Waals surface area contributed by atoms with Crippen LogP contribution in [0.2, 0.25) is 0 Å². The summed E-state index contributed by atoms with van der Waals surface area (Å²) in [6.07, 6.45) is 2.23. The Kier molecular flexibility index (Phi) is 5.01. The Morgan fingerprint density at radius 1 is 1.24 bits per heavy atom. The van der Waals surface area contributed by atoms with Gasteiger partial charge in [0.1, 0.15) is 0 Å². The molecule has 0 amide bonds. The quantitative estimate of drug-likeness (QED) is 0.763. The molecule has 1 unspecified atom stereocenters. The zero-order valence-electron chi connectivity index (χ0n) is 12.3. The Hall–Kier alpha value is -1.39. The van der Waals surface area contributed by atoms with E-state index in [0.717, 1.165) is 25.3 Å². The first-order chi connectivity index (χ1) is 9.91. The smallest absolute Gasteiger partial charge is 0.399 e. The Balaban J connectivity index is 2.20. The minimum atomic E-state index is -4.39. The lowest BCUT2D eigenvalue weighted by molar-refractivity contribution is -0.136. The number of halogens is 3. The first-order valence-corrected chi connectivity index (χ1v) is 7.65. The fourth-order valence-corrected chi connectivity index (χ4v) is 3.21. The lowest BCUT2D eigenvalue weighted by atomic mass is 9.82. The maximum Gasteiger partial charge on any atom is 0.418 e. The van der Waals surface area contributed by atoms with Gasteiger partial charge in [-0.05, 0) is 43.4 Å². The molecule has 2 rings (SSSR count). The number of hydrogen-bond donors (Lipinski definition) is 2. The van der Waals surface area contributed by atoms with Crippen LogP contribution in [0.25, 0.3) is 0 Å². The molecule has 0 bridgehead atoms. The first-order valence-electron chi connectivity index (χ1n) is 7.65. The summed E-state index contributed by atoms with van der Waals surface area (Å²) in [5.74, 6) is 0.461. The van der Waals surface area contributed by atoms with Crippen LogP contribution in [-0.4, -0.2) is 6.04 Å². The third-order valence-corrected chi connectivity index (χ3v) is 4.35. The molecule has 1 saturated carbocycles. The van der Waals surface area contributed by atoms with E-state index in [1.54, 1.807) is 0 Å². The molecule has 1 atom stereocenters. The molecule has 0 heterocycles. The second-order valence-corrected chi connectivity index (χ2v) is 5.86. The highest BCUT2D eigenvalue weighted by atomic mass is 19.4. The van der Waals surface area contributed by atoms with Crippen molar-refractivity contribution < 1.29 is 13.2 Å². The number of alkyl halides is 3. The van der Waals surface area contributed by atoms with Gasteiger partial charge < -0.3 is 11.1 Å². The van der Waals surface area contributed by atoms with Gasteiger partial charge in [-0.1, -0.05) is 26.2 Å². The van der Waals surface area contributed by atoms with Crippen molar-refractivity contribution in [3.63, 3.8) is 0 Å². The lowest BCUT2D eigenvalue weighted by Crippen LogP contribution is -2.31. The lowest BCUT2D eigenvalue weighted by Gasteiger charge is -2.32. The van der Waals surface area contributed by atoms with Crippen LogP contribution >= 0.6 is 0 Å². The van der Waals surface area contributed by atoms with E-state index < -0.39 is 11.7 Å². The van der Waals surface area contributed by atoms with Gasteiger partial charge in [0, 0.05) is 17.4 Å². The fraction of sp³-hybridized carbons (Fsp3) is 0.625. The van der Waals surface area contributed by atoms with Crippen molar-refractivity contribution in [2.45, 2.75) is 57.7 Å². The van der Waals surface area contributed by atoms with Gasteiger partial charge in [-0.3, -0.25) is 0 Å². The van der Waals surface area contributed by atoms with Crippen LogP contribution in [-0.2, 0) is 6.18 Å². The summed E-state index contributed by atoms with van der Waals surface area (Å²) in [4.78, 5) is 0. The van der Waals surface area contributed by atoms with E-state index in [9.17, 15) is 13.2 Å². The average Bonchev–Trinajstić information content (AvgIpc) is 2.46. The SMILES string of the molecule is CCC(Nc1ccc(N)cc1C(F)(F)F)C1CCCCC1. The van der Waals surface area contributed by atoms with Crippen LogP contribution in [0.1, 0.15) is 51.0 Å². The standard InChI is InChI=1S/C16H23F3N2/c1-2-14(11-6-4-3-5-7-11)21-15-9-8-12(20)10-13(15)16(17,18)19/h8-11,14,21H,2-7,20H2,1H3. The number of anilines is 2. The average molecular weight is 300 g/mol. The van der Waals surface area contributed by atoms with Crippen molar-refractivity contribution >= 4 is 11.4 Å². The van der Waals surface area contributed by atoms with E-state index >= 15 is 0 Å². The number of rotatable bonds is 4. The molecule has 0 aromatic heterocycles. The Morgan fingerprint density at radius 3 is 2.48 bits per heavy atom. The van der Waals surface area contributed by atoms with Gasteiger partial charge in [-0.15, -0.1) is 0 Å². The van der Waals surface area contributed by atoms with E-state index in [0.29, 0.717) is 5.92 Å². The highest BCUT2D eigenvalue weighted by Gasteiger charge is 2.34. The molecule has 1 aromatic carbocycles. The highest BCUT2D eigenvalue weighted by molar-refractivity contribution is 5.59. The van der Waals surface area contributed by atoms with Gasteiger partial charge in [0.05, 0.1) is 5.56 Å². The highest BCUT2D eigenvalue weighted by Crippen LogP contribution is 2.38. The van der Waals surface area contributed by atoms with E-state index in [1.165, 1.54) is 31.4 Å². The molecule has 0 radical (unpaired) electrons. The van der Waals surface area contributed by atoms with Crippen molar-refractivity contribution in [1.82, 2.24) is 0 Å². The van der Waals surface area contributed by atoms with Crippen LogP contribution in [0.5, 0.6) is 0 Å². The largest absolute Gasteiger partial charge is 0.418 e. The van der Waals surface area contributed by atoms with E-state index in [1.807, 2.05) is 6.92 Å². The molecular formula is C16H23F3N2. The number of benzene rings is 1.